The fourth-order valence-electron chi connectivity index (χ4n) is 3.24. The molecule has 1 amide bonds. The standard InChI is InChI=1S/C22H25F2N3O2/c1-15(26-22(28)8-5-17-11-18(23)6-7-21(17)24)16-3-2-4-19(12-16)27-9-10-29-20(13-25)14-27/h2-8,11-12,15,20H,9-10,13-14,25H2,1H3,(H,26,28). The van der Waals surface area contributed by atoms with Gasteiger partial charge in [-0.05, 0) is 48.9 Å². The number of rotatable bonds is 6. The highest BCUT2D eigenvalue weighted by molar-refractivity contribution is 5.92. The van der Waals surface area contributed by atoms with E-state index in [-0.39, 0.29) is 23.6 Å². The van der Waals surface area contributed by atoms with E-state index in [4.69, 9.17) is 10.5 Å². The van der Waals surface area contributed by atoms with Crippen LogP contribution in [-0.4, -0.2) is 38.3 Å². The average molecular weight is 401 g/mol. The van der Waals surface area contributed by atoms with Crippen molar-refractivity contribution in [2.45, 2.75) is 19.1 Å². The summed E-state index contributed by atoms with van der Waals surface area (Å²) in [6.07, 6.45) is 2.47. The van der Waals surface area contributed by atoms with Crippen LogP contribution in [0.15, 0.2) is 48.5 Å². The molecule has 0 bridgehead atoms. The van der Waals surface area contributed by atoms with Crippen LogP contribution in [0.3, 0.4) is 0 Å². The topological polar surface area (TPSA) is 67.6 Å². The summed E-state index contributed by atoms with van der Waals surface area (Å²) < 4.78 is 32.5. The van der Waals surface area contributed by atoms with Crippen LogP contribution < -0.4 is 16.0 Å². The van der Waals surface area contributed by atoms with Crippen molar-refractivity contribution in [3.05, 3.63) is 71.3 Å². The quantitative estimate of drug-likeness (QED) is 0.731. The first-order valence-electron chi connectivity index (χ1n) is 9.56. The maximum absolute atomic E-state index is 13.7. The van der Waals surface area contributed by atoms with E-state index >= 15 is 0 Å². The van der Waals surface area contributed by atoms with E-state index in [1.807, 2.05) is 31.2 Å². The molecule has 1 saturated heterocycles. The predicted molar refractivity (Wildman–Crippen MR) is 109 cm³/mol. The molecule has 2 atom stereocenters. The first-order chi connectivity index (χ1) is 14.0. The minimum atomic E-state index is -0.586. The van der Waals surface area contributed by atoms with Gasteiger partial charge >= 0.3 is 0 Å². The van der Waals surface area contributed by atoms with Gasteiger partial charge in [-0.2, -0.15) is 0 Å². The summed E-state index contributed by atoms with van der Waals surface area (Å²) in [5.74, 6) is -1.53. The summed E-state index contributed by atoms with van der Waals surface area (Å²) in [4.78, 5) is 14.4. The zero-order valence-corrected chi connectivity index (χ0v) is 16.3. The van der Waals surface area contributed by atoms with Gasteiger partial charge in [-0.25, -0.2) is 8.78 Å². The minimum absolute atomic E-state index is 0.0119. The first-order valence-corrected chi connectivity index (χ1v) is 9.56. The number of nitrogens with one attached hydrogen (secondary N) is 1. The number of nitrogens with two attached hydrogens (primary N) is 1. The third-order valence-corrected chi connectivity index (χ3v) is 4.87. The molecule has 5 nitrogen and oxygen atoms in total. The van der Waals surface area contributed by atoms with Crippen LogP contribution >= 0.6 is 0 Å². The molecule has 2 unspecified atom stereocenters. The van der Waals surface area contributed by atoms with Gasteiger partial charge in [0.05, 0.1) is 18.8 Å². The summed E-state index contributed by atoms with van der Waals surface area (Å²) in [5, 5.41) is 2.85. The Hall–Kier alpha value is -2.77. The molecule has 1 aliphatic heterocycles. The molecule has 29 heavy (non-hydrogen) atoms. The molecule has 1 heterocycles. The molecule has 0 aliphatic carbocycles. The molecule has 7 heteroatoms. The largest absolute Gasteiger partial charge is 0.373 e. The molecular weight excluding hydrogens is 376 g/mol. The summed E-state index contributed by atoms with van der Waals surface area (Å²) in [6.45, 7) is 4.47. The fourth-order valence-corrected chi connectivity index (χ4v) is 3.24. The second kappa shape index (κ2) is 9.62. The first kappa shape index (κ1) is 21.0. The van der Waals surface area contributed by atoms with E-state index < -0.39 is 11.6 Å². The molecule has 0 radical (unpaired) electrons. The lowest BCUT2D eigenvalue weighted by molar-refractivity contribution is -0.117. The molecule has 1 aliphatic rings. The number of hydrogen-bond donors (Lipinski definition) is 2. The second-order valence-electron chi connectivity index (χ2n) is 7.00. The van der Waals surface area contributed by atoms with E-state index in [9.17, 15) is 13.6 Å². The van der Waals surface area contributed by atoms with Gasteiger partial charge < -0.3 is 20.7 Å². The van der Waals surface area contributed by atoms with Crippen LogP contribution in [0.4, 0.5) is 14.5 Å². The molecule has 2 aromatic carbocycles. The van der Waals surface area contributed by atoms with E-state index in [1.165, 1.54) is 12.2 Å². The lowest BCUT2D eigenvalue weighted by Crippen LogP contribution is -2.45. The molecule has 3 N–H and O–H groups in total. The number of morpholine rings is 1. The number of hydrogen-bond acceptors (Lipinski definition) is 4. The number of carbonyl (C=O) groups excluding carboxylic acids is 1. The van der Waals surface area contributed by atoms with Gasteiger partial charge in [0.2, 0.25) is 5.91 Å². The van der Waals surface area contributed by atoms with Crippen LogP contribution in [0.5, 0.6) is 0 Å². The van der Waals surface area contributed by atoms with Crippen molar-refractivity contribution >= 4 is 17.7 Å². The lowest BCUT2D eigenvalue weighted by atomic mass is 10.1. The minimum Gasteiger partial charge on any atom is -0.373 e. The predicted octanol–water partition coefficient (Wildman–Crippen LogP) is 3.02. The van der Waals surface area contributed by atoms with Gasteiger partial charge in [0.15, 0.2) is 0 Å². The van der Waals surface area contributed by atoms with Crippen molar-refractivity contribution in [1.82, 2.24) is 5.32 Å². The van der Waals surface area contributed by atoms with Crippen molar-refractivity contribution in [2.24, 2.45) is 5.73 Å². The Morgan fingerprint density at radius 1 is 1.34 bits per heavy atom. The summed E-state index contributed by atoms with van der Waals surface area (Å²) >= 11 is 0. The third kappa shape index (κ3) is 5.62. The molecule has 1 fully saturated rings. The Morgan fingerprint density at radius 2 is 2.17 bits per heavy atom. The van der Waals surface area contributed by atoms with E-state index in [1.54, 1.807) is 0 Å². The number of halogens is 2. The number of anilines is 1. The van der Waals surface area contributed by atoms with E-state index in [0.717, 1.165) is 42.5 Å². The normalized spacial score (nSPS) is 18.1. The van der Waals surface area contributed by atoms with Crippen molar-refractivity contribution in [2.75, 3.05) is 31.1 Å². The van der Waals surface area contributed by atoms with E-state index in [2.05, 4.69) is 10.2 Å². The number of carbonyl (C=O) groups is 1. The lowest BCUT2D eigenvalue weighted by Gasteiger charge is -2.34. The van der Waals surface area contributed by atoms with Crippen LogP contribution in [-0.2, 0) is 9.53 Å². The number of benzene rings is 2. The molecule has 0 saturated carbocycles. The number of amides is 1. The molecular formula is C22H25F2N3O2. The Labute approximate surface area is 169 Å². The van der Waals surface area contributed by atoms with Gasteiger partial charge in [-0.15, -0.1) is 0 Å². The zero-order valence-electron chi connectivity index (χ0n) is 16.3. The van der Waals surface area contributed by atoms with Gasteiger partial charge in [0, 0.05) is 37.0 Å². The highest BCUT2D eigenvalue weighted by Crippen LogP contribution is 2.22. The zero-order chi connectivity index (χ0) is 20.8. The molecule has 0 spiro atoms. The van der Waals surface area contributed by atoms with Gasteiger partial charge in [-0.1, -0.05) is 12.1 Å². The maximum atomic E-state index is 13.7. The smallest absolute Gasteiger partial charge is 0.244 e. The van der Waals surface area contributed by atoms with E-state index in [0.29, 0.717) is 13.2 Å². The van der Waals surface area contributed by atoms with Gasteiger partial charge in [0.25, 0.3) is 0 Å². The van der Waals surface area contributed by atoms with Gasteiger partial charge in [0.1, 0.15) is 11.6 Å². The summed E-state index contributed by atoms with van der Waals surface area (Å²) in [5.41, 5.74) is 7.73. The van der Waals surface area contributed by atoms with Crippen LogP contribution in [0.2, 0.25) is 0 Å². The third-order valence-electron chi connectivity index (χ3n) is 4.87. The van der Waals surface area contributed by atoms with Crippen LogP contribution in [0.25, 0.3) is 6.08 Å². The fraction of sp³-hybridized carbons (Fsp3) is 0.318. The average Bonchev–Trinajstić information content (AvgIpc) is 2.74. The highest BCUT2D eigenvalue weighted by Gasteiger charge is 2.20. The van der Waals surface area contributed by atoms with Gasteiger partial charge in [-0.3, -0.25) is 4.79 Å². The Balaban J connectivity index is 1.64. The molecule has 3 rings (SSSR count). The SMILES string of the molecule is CC(NC(=O)C=Cc1cc(F)ccc1F)c1cccc(N2CCOC(CN)C2)c1. The summed E-state index contributed by atoms with van der Waals surface area (Å²) in [7, 11) is 0. The van der Waals surface area contributed by atoms with Crippen molar-refractivity contribution in [3.8, 4) is 0 Å². The van der Waals surface area contributed by atoms with Crippen molar-refractivity contribution < 1.29 is 18.3 Å². The number of nitrogens with zero attached hydrogens (tertiary/aromatic N) is 1. The molecule has 2 aromatic rings. The van der Waals surface area contributed by atoms with Crippen LogP contribution in [0, 0.1) is 11.6 Å². The Morgan fingerprint density at radius 3 is 2.97 bits per heavy atom. The number of ether oxygens (including phenoxy) is 1. The monoisotopic (exact) mass is 401 g/mol. The van der Waals surface area contributed by atoms with Crippen LogP contribution in [0.1, 0.15) is 24.1 Å². The maximum Gasteiger partial charge on any atom is 0.244 e. The molecule has 154 valence electrons. The second-order valence-corrected chi connectivity index (χ2v) is 7.00. The Kier molecular flexibility index (Phi) is 6.95. The summed E-state index contributed by atoms with van der Waals surface area (Å²) in [6, 6.07) is 10.8. The molecule has 0 aromatic heterocycles. The Bertz CT molecular complexity index is 888. The highest BCUT2D eigenvalue weighted by atomic mass is 19.1. The van der Waals surface area contributed by atoms with Crippen molar-refractivity contribution in [1.29, 1.82) is 0 Å². The van der Waals surface area contributed by atoms with Crippen molar-refractivity contribution in [3.63, 3.8) is 0 Å².